The molecular weight excluding hydrogens is 190 g/mol. The molecule has 1 atom stereocenters. The summed E-state index contributed by atoms with van der Waals surface area (Å²) in [7, 11) is 0. The molecular formula is C11H13N3O. The van der Waals surface area contributed by atoms with Crippen molar-refractivity contribution in [2.75, 3.05) is 11.1 Å². The molecule has 0 aromatic carbocycles. The number of aromatic nitrogens is 1. The topological polar surface area (TPSA) is 64.1 Å². The molecule has 0 fully saturated rings. The molecule has 2 aromatic heterocycles. The minimum Gasteiger partial charge on any atom is -0.467 e. The van der Waals surface area contributed by atoms with Crippen molar-refractivity contribution in [3.8, 4) is 0 Å². The van der Waals surface area contributed by atoms with Crippen LogP contribution in [0.25, 0.3) is 0 Å². The van der Waals surface area contributed by atoms with E-state index in [2.05, 4.69) is 10.3 Å². The predicted molar refractivity (Wildman–Crippen MR) is 59.4 cm³/mol. The second-order valence-corrected chi connectivity index (χ2v) is 3.35. The Morgan fingerprint density at radius 3 is 2.87 bits per heavy atom. The summed E-state index contributed by atoms with van der Waals surface area (Å²) in [5.41, 5.74) is 6.42. The summed E-state index contributed by atoms with van der Waals surface area (Å²) < 4.78 is 5.28. The van der Waals surface area contributed by atoms with Crippen molar-refractivity contribution in [2.45, 2.75) is 13.0 Å². The Kier molecular flexibility index (Phi) is 2.58. The highest BCUT2D eigenvalue weighted by atomic mass is 16.3. The van der Waals surface area contributed by atoms with Gasteiger partial charge in [0.2, 0.25) is 0 Å². The Morgan fingerprint density at radius 1 is 1.40 bits per heavy atom. The highest BCUT2D eigenvalue weighted by Gasteiger charge is 2.07. The zero-order chi connectivity index (χ0) is 10.7. The fourth-order valence-electron chi connectivity index (χ4n) is 1.35. The molecule has 78 valence electrons. The molecule has 0 spiro atoms. The van der Waals surface area contributed by atoms with E-state index < -0.39 is 0 Å². The van der Waals surface area contributed by atoms with Crippen molar-refractivity contribution in [1.29, 1.82) is 0 Å². The average molecular weight is 203 g/mol. The number of hydrogen-bond donors (Lipinski definition) is 2. The molecule has 0 amide bonds. The first-order valence-corrected chi connectivity index (χ1v) is 4.77. The van der Waals surface area contributed by atoms with Gasteiger partial charge in [0.05, 0.1) is 24.2 Å². The molecule has 2 heterocycles. The molecule has 1 unspecified atom stereocenters. The van der Waals surface area contributed by atoms with Gasteiger partial charge in [-0.05, 0) is 31.2 Å². The zero-order valence-electron chi connectivity index (χ0n) is 8.47. The summed E-state index contributed by atoms with van der Waals surface area (Å²) >= 11 is 0. The van der Waals surface area contributed by atoms with E-state index in [0.717, 1.165) is 11.4 Å². The molecule has 0 bridgehead atoms. The van der Waals surface area contributed by atoms with Crippen LogP contribution in [0.1, 0.15) is 18.7 Å². The van der Waals surface area contributed by atoms with E-state index in [0.29, 0.717) is 5.82 Å². The Labute approximate surface area is 88.1 Å². The van der Waals surface area contributed by atoms with Gasteiger partial charge in [-0.1, -0.05) is 0 Å². The first kappa shape index (κ1) is 9.58. The van der Waals surface area contributed by atoms with Crippen LogP contribution >= 0.6 is 0 Å². The summed E-state index contributed by atoms with van der Waals surface area (Å²) in [6.07, 6.45) is 3.36. The number of rotatable bonds is 3. The highest BCUT2D eigenvalue weighted by molar-refractivity contribution is 5.46. The molecule has 0 aliphatic heterocycles. The van der Waals surface area contributed by atoms with E-state index in [1.54, 1.807) is 18.5 Å². The van der Waals surface area contributed by atoms with E-state index in [1.165, 1.54) is 0 Å². The van der Waals surface area contributed by atoms with Crippen LogP contribution in [0.15, 0.2) is 41.1 Å². The molecule has 0 saturated heterocycles. The third-order valence-corrected chi connectivity index (χ3v) is 2.14. The van der Waals surface area contributed by atoms with Gasteiger partial charge in [0.1, 0.15) is 11.6 Å². The summed E-state index contributed by atoms with van der Waals surface area (Å²) in [5.74, 6) is 1.41. The van der Waals surface area contributed by atoms with E-state index in [1.807, 2.05) is 25.1 Å². The van der Waals surface area contributed by atoms with Crippen LogP contribution in [0.5, 0.6) is 0 Å². The van der Waals surface area contributed by atoms with E-state index >= 15 is 0 Å². The third-order valence-electron chi connectivity index (χ3n) is 2.14. The van der Waals surface area contributed by atoms with Crippen molar-refractivity contribution in [3.63, 3.8) is 0 Å². The fourth-order valence-corrected chi connectivity index (χ4v) is 1.35. The van der Waals surface area contributed by atoms with Crippen LogP contribution < -0.4 is 11.1 Å². The summed E-state index contributed by atoms with van der Waals surface area (Å²) in [5, 5.41) is 3.26. The predicted octanol–water partition coefficient (Wildman–Crippen LogP) is 2.43. The number of nitrogens with two attached hydrogens (primary N) is 1. The van der Waals surface area contributed by atoms with Gasteiger partial charge < -0.3 is 15.5 Å². The van der Waals surface area contributed by atoms with Crippen LogP contribution in [0.2, 0.25) is 0 Å². The maximum atomic E-state index is 5.49. The maximum absolute atomic E-state index is 5.49. The monoisotopic (exact) mass is 203 g/mol. The normalized spacial score (nSPS) is 12.3. The molecule has 0 aliphatic rings. The van der Waals surface area contributed by atoms with Crippen LogP contribution in [0.3, 0.4) is 0 Å². The molecule has 4 nitrogen and oxygen atoms in total. The minimum absolute atomic E-state index is 0.116. The first-order chi connectivity index (χ1) is 7.25. The minimum atomic E-state index is 0.116. The summed E-state index contributed by atoms with van der Waals surface area (Å²) in [6.45, 7) is 2.02. The SMILES string of the molecule is CC(Nc1ccc(N)nc1)c1ccco1. The lowest BCUT2D eigenvalue weighted by molar-refractivity contribution is 0.490. The van der Waals surface area contributed by atoms with Gasteiger partial charge in [-0.15, -0.1) is 0 Å². The van der Waals surface area contributed by atoms with Crippen LogP contribution in [-0.4, -0.2) is 4.98 Å². The lowest BCUT2D eigenvalue weighted by Gasteiger charge is -2.12. The van der Waals surface area contributed by atoms with Gasteiger partial charge in [-0.2, -0.15) is 0 Å². The van der Waals surface area contributed by atoms with Crippen molar-refractivity contribution < 1.29 is 4.42 Å². The lowest BCUT2D eigenvalue weighted by atomic mass is 10.2. The second kappa shape index (κ2) is 4.04. The fraction of sp³-hybridized carbons (Fsp3) is 0.182. The van der Waals surface area contributed by atoms with Crippen molar-refractivity contribution in [1.82, 2.24) is 4.98 Å². The molecule has 2 aromatic rings. The number of nitrogens with zero attached hydrogens (tertiary/aromatic N) is 1. The number of nitrogen functional groups attached to an aromatic ring is 1. The maximum Gasteiger partial charge on any atom is 0.125 e. The molecule has 0 aliphatic carbocycles. The van der Waals surface area contributed by atoms with Crippen LogP contribution in [-0.2, 0) is 0 Å². The van der Waals surface area contributed by atoms with Crippen LogP contribution in [0, 0.1) is 0 Å². The second-order valence-electron chi connectivity index (χ2n) is 3.35. The van der Waals surface area contributed by atoms with E-state index in [-0.39, 0.29) is 6.04 Å². The zero-order valence-corrected chi connectivity index (χ0v) is 8.47. The van der Waals surface area contributed by atoms with Crippen molar-refractivity contribution in [3.05, 3.63) is 42.5 Å². The van der Waals surface area contributed by atoms with Gasteiger partial charge in [0.15, 0.2) is 0 Å². The Balaban J connectivity index is 2.06. The van der Waals surface area contributed by atoms with Gasteiger partial charge in [-0.3, -0.25) is 0 Å². The van der Waals surface area contributed by atoms with Gasteiger partial charge >= 0.3 is 0 Å². The standard InChI is InChI=1S/C11H13N3O/c1-8(10-3-2-6-15-10)14-9-4-5-11(12)13-7-9/h2-8,14H,1H3,(H2,12,13). The third kappa shape index (κ3) is 2.28. The molecule has 2 rings (SSSR count). The summed E-state index contributed by atoms with van der Waals surface area (Å²) in [6, 6.07) is 7.57. The van der Waals surface area contributed by atoms with Gasteiger partial charge in [0, 0.05) is 0 Å². The van der Waals surface area contributed by atoms with Crippen LogP contribution in [0.4, 0.5) is 11.5 Å². The number of anilines is 2. The molecule has 0 radical (unpaired) electrons. The number of nitrogens with one attached hydrogen (secondary N) is 1. The number of hydrogen-bond acceptors (Lipinski definition) is 4. The van der Waals surface area contributed by atoms with Gasteiger partial charge in [0.25, 0.3) is 0 Å². The first-order valence-electron chi connectivity index (χ1n) is 4.77. The highest BCUT2D eigenvalue weighted by Crippen LogP contribution is 2.18. The largest absolute Gasteiger partial charge is 0.467 e. The van der Waals surface area contributed by atoms with Crippen molar-refractivity contribution >= 4 is 11.5 Å². The summed E-state index contributed by atoms with van der Waals surface area (Å²) in [4.78, 5) is 4.00. The van der Waals surface area contributed by atoms with E-state index in [4.69, 9.17) is 10.2 Å². The molecule has 15 heavy (non-hydrogen) atoms. The Hall–Kier alpha value is -1.97. The lowest BCUT2D eigenvalue weighted by Crippen LogP contribution is -2.05. The molecule has 3 N–H and O–H groups in total. The molecule has 4 heteroatoms. The number of pyridine rings is 1. The number of furan rings is 1. The smallest absolute Gasteiger partial charge is 0.125 e. The molecule has 0 saturated carbocycles. The average Bonchev–Trinajstić information content (AvgIpc) is 2.74. The Bertz CT molecular complexity index is 408. The van der Waals surface area contributed by atoms with E-state index in [9.17, 15) is 0 Å². The quantitative estimate of drug-likeness (QED) is 0.804. The Morgan fingerprint density at radius 2 is 2.27 bits per heavy atom. The van der Waals surface area contributed by atoms with Gasteiger partial charge in [-0.25, -0.2) is 4.98 Å². The van der Waals surface area contributed by atoms with Crippen molar-refractivity contribution in [2.24, 2.45) is 0 Å².